The Kier molecular flexibility index (Phi) is 5.32. The molecule has 0 saturated heterocycles. The van der Waals surface area contributed by atoms with Crippen LogP contribution in [0.25, 0.3) is 10.2 Å². The molecule has 0 unspecified atom stereocenters. The van der Waals surface area contributed by atoms with Crippen molar-refractivity contribution in [2.24, 2.45) is 4.99 Å². The number of nitrogens with zero attached hydrogens (tertiary/aromatic N) is 2. The summed E-state index contributed by atoms with van der Waals surface area (Å²) in [6.45, 7) is -0.0353. The Labute approximate surface area is 175 Å². The molecule has 0 radical (unpaired) electrons. The van der Waals surface area contributed by atoms with E-state index in [1.807, 2.05) is 0 Å². The van der Waals surface area contributed by atoms with E-state index in [2.05, 4.69) is 4.99 Å². The first-order chi connectivity index (χ1) is 14.5. The van der Waals surface area contributed by atoms with Crippen molar-refractivity contribution < 1.29 is 33.3 Å². The van der Waals surface area contributed by atoms with E-state index < -0.39 is 11.9 Å². The van der Waals surface area contributed by atoms with Gasteiger partial charge in [0.05, 0.1) is 21.3 Å². The van der Waals surface area contributed by atoms with Crippen LogP contribution >= 0.6 is 11.3 Å². The zero-order chi connectivity index (χ0) is 21.3. The Morgan fingerprint density at radius 2 is 1.80 bits per heavy atom. The molecule has 4 rings (SSSR count). The number of methoxy groups -OCH3 is 3. The van der Waals surface area contributed by atoms with Gasteiger partial charge in [-0.25, -0.2) is 0 Å². The highest BCUT2D eigenvalue weighted by Crippen LogP contribution is 2.35. The molecule has 0 aliphatic carbocycles. The average Bonchev–Trinajstić information content (AvgIpc) is 3.37. The van der Waals surface area contributed by atoms with Crippen LogP contribution in [0.3, 0.4) is 0 Å². The topological polar surface area (TPSA) is 97.6 Å². The lowest BCUT2D eigenvalue weighted by molar-refractivity contribution is -0.141. The van der Waals surface area contributed by atoms with Crippen LogP contribution in [-0.2, 0) is 16.1 Å². The standard InChI is InChI=1S/C20H18N2O7S/c1-25-13-6-7-14(26-2)18-17(13)22(9-16(23)27-3)20(30-18)21-19(24)11-4-5-12-15(8-11)29-10-28-12/h4-8H,9-10H2,1-3H3. The monoisotopic (exact) mass is 430 g/mol. The lowest BCUT2D eigenvalue weighted by Gasteiger charge is -2.09. The van der Waals surface area contributed by atoms with Gasteiger partial charge in [0, 0.05) is 5.56 Å². The van der Waals surface area contributed by atoms with Crippen molar-refractivity contribution in [3.63, 3.8) is 0 Å². The number of rotatable bonds is 5. The van der Waals surface area contributed by atoms with Crippen molar-refractivity contribution in [3.8, 4) is 23.0 Å². The number of fused-ring (bicyclic) bond motifs is 2. The highest BCUT2D eigenvalue weighted by Gasteiger charge is 2.20. The number of ether oxygens (including phenoxy) is 5. The third-order valence-corrected chi connectivity index (χ3v) is 5.62. The molecule has 1 aliphatic heterocycles. The minimum absolute atomic E-state index is 0.110. The van der Waals surface area contributed by atoms with Gasteiger partial charge in [0.15, 0.2) is 16.3 Å². The molecule has 0 atom stereocenters. The predicted octanol–water partition coefficient (Wildman–Crippen LogP) is 2.36. The number of thiazole rings is 1. The summed E-state index contributed by atoms with van der Waals surface area (Å²) in [4.78, 5) is 29.5. The van der Waals surface area contributed by atoms with Gasteiger partial charge < -0.3 is 28.3 Å². The number of carbonyl (C=O) groups is 2. The predicted molar refractivity (Wildman–Crippen MR) is 107 cm³/mol. The first kappa shape index (κ1) is 19.8. The molecule has 9 nitrogen and oxygen atoms in total. The van der Waals surface area contributed by atoms with Crippen molar-refractivity contribution in [1.29, 1.82) is 0 Å². The van der Waals surface area contributed by atoms with Gasteiger partial charge in [-0.1, -0.05) is 11.3 Å². The molecule has 0 saturated carbocycles. The number of carbonyl (C=O) groups excluding carboxylic acids is 2. The van der Waals surface area contributed by atoms with Gasteiger partial charge in [-0.2, -0.15) is 4.99 Å². The van der Waals surface area contributed by atoms with Gasteiger partial charge in [-0.05, 0) is 30.3 Å². The second kappa shape index (κ2) is 8.07. The molecule has 3 aromatic rings. The van der Waals surface area contributed by atoms with Crippen LogP contribution in [0.5, 0.6) is 23.0 Å². The minimum Gasteiger partial charge on any atom is -0.495 e. The number of hydrogen-bond acceptors (Lipinski definition) is 8. The molecule has 1 aliphatic rings. The van der Waals surface area contributed by atoms with E-state index in [0.717, 1.165) is 0 Å². The SMILES string of the molecule is COC(=O)Cn1c(=NC(=O)c2ccc3c(c2)OCO3)sc2c(OC)ccc(OC)c21. The third-order valence-electron chi connectivity index (χ3n) is 4.52. The van der Waals surface area contributed by atoms with Gasteiger partial charge in [0.2, 0.25) is 6.79 Å². The summed E-state index contributed by atoms with van der Waals surface area (Å²) in [5.41, 5.74) is 0.921. The highest BCUT2D eigenvalue weighted by molar-refractivity contribution is 7.16. The van der Waals surface area contributed by atoms with E-state index in [9.17, 15) is 9.59 Å². The molecule has 1 amide bonds. The van der Waals surface area contributed by atoms with Crippen LogP contribution in [0.15, 0.2) is 35.3 Å². The van der Waals surface area contributed by atoms with E-state index in [1.165, 1.54) is 25.6 Å². The Hall–Kier alpha value is -3.53. The van der Waals surface area contributed by atoms with Gasteiger partial charge in [-0.3, -0.25) is 9.59 Å². The fourth-order valence-corrected chi connectivity index (χ4v) is 4.20. The average molecular weight is 430 g/mol. The lowest BCUT2D eigenvalue weighted by Crippen LogP contribution is -2.22. The number of aromatic nitrogens is 1. The summed E-state index contributed by atoms with van der Waals surface area (Å²) in [5, 5.41) is 0. The summed E-state index contributed by atoms with van der Waals surface area (Å²) in [7, 11) is 4.36. The molecule has 0 fully saturated rings. The third kappa shape index (κ3) is 3.45. The quantitative estimate of drug-likeness (QED) is 0.573. The Balaban J connectivity index is 1.89. The van der Waals surface area contributed by atoms with E-state index in [4.69, 9.17) is 23.7 Å². The second-order valence-corrected chi connectivity index (χ2v) is 7.16. The molecule has 10 heteroatoms. The summed E-state index contributed by atoms with van der Waals surface area (Å²) in [6.07, 6.45) is 0. The molecule has 2 heterocycles. The number of benzene rings is 2. The number of hydrogen-bond donors (Lipinski definition) is 0. The zero-order valence-corrected chi connectivity index (χ0v) is 17.3. The molecule has 30 heavy (non-hydrogen) atoms. The Morgan fingerprint density at radius 1 is 1.07 bits per heavy atom. The van der Waals surface area contributed by atoms with E-state index in [-0.39, 0.29) is 13.3 Å². The summed E-state index contributed by atoms with van der Waals surface area (Å²) < 4.78 is 28.6. The summed E-state index contributed by atoms with van der Waals surface area (Å²) in [6, 6.07) is 8.32. The fraction of sp³-hybridized carbons (Fsp3) is 0.250. The Morgan fingerprint density at radius 3 is 2.53 bits per heavy atom. The van der Waals surface area contributed by atoms with Crippen LogP contribution in [0.4, 0.5) is 0 Å². The molecular weight excluding hydrogens is 412 g/mol. The lowest BCUT2D eigenvalue weighted by atomic mass is 10.2. The molecule has 1 aromatic heterocycles. The van der Waals surface area contributed by atoms with E-state index in [1.54, 1.807) is 42.0 Å². The van der Waals surface area contributed by atoms with Crippen LogP contribution in [0.2, 0.25) is 0 Å². The van der Waals surface area contributed by atoms with Crippen LogP contribution in [0, 0.1) is 0 Å². The Bertz CT molecular complexity index is 1210. The maximum atomic E-state index is 12.9. The maximum Gasteiger partial charge on any atom is 0.325 e. The van der Waals surface area contributed by atoms with Gasteiger partial charge in [-0.15, -0.1) is 0 Å². The van der Waals surface area contributed by atoms with Crippen LogP contribution in [-0.4, -0.2) is 44.6 Å². The van der Waals surface area contributed by atoms with Crippen LogP contribution in [0.1, 0.15) is 10.4 Å². The smallest absolute Gasteiger partial charge is 0.325 e. The normalized spacial score (nSPS) is 12.8. The van der Waals surface area contributed by atoms with E-state index >= 15 is 0 Å². The minimum atomic E-state index is -0.489. The summed E-state index contributed by atoms with van der Waals surface area (Å²) >= 11 is 1.21. The molecule has 0 spiro atoms. The second-order valence-electron chi connectivity index (χ2n) is 6.18. The van der Waals surface area contributed by atoms with Crippen molar-refractivity contribution in [2.75, 3.05) is 28.1 Å². The highest BCUT2D eigenvalue weighted by atomic mass is 32.1. The van der Waals surface area contributed by atoms with Crippen molar-refractivity contribution in [2.45, 2.75) is 6.54 Å². The number of amides is 1. The zero-order valence-electron chi connectivity index (χ0n) is 16.5. The molecular formula is C20H18N2O7S. The molecule has 156 valence electrons. The van der Waals surface area contributed by atoms with Crippen molar-refractivity contribution in [3.05, 3.63) is 40.7 Å². The molecule has 0 bridgehead atoms. The fourth-order valence-electron chi connectivity index (χ4n) is 3.06. The van der Waals surface area contributed by atoms with Crippen LogP contribution < -0.4 is 23.7 Å². The first-order valence-corrected chi connectivity index (χ1v) is 9.67. The number of esters is 1. The van der Waals surface area contributed by atoms with Crippen molar-refractivity contribution >= 4 is 33.4 Å². The van der Waals surface area contributed by atoms with Gasteiger partial charge in [0.1, 0.15) is 28.3 Å². The largest absolute Gasteiger partial charge is 0.495 e. The molecule has 2 aromatic carbocycles. The van der Waals surface area contributed by atoms with Crippen molar-refractivity contribution in [1.82, 2.24) is 4.57 Å². The summed E-state index contributed by atoms with van der Waals surface area (Å²) in [5.74, 6) is 1.17. The van der Waals surface area contributed by atoms with Gasteiger partial charge in [0.25, 0.3) is 5.91 Å². The van der Waals surface area contributed by atoms with E-state index in [0.29, 0.717) is 43.6 Å². The molecule has 0 N–H and O–H groups in total. The first-order valence-electron chi connectivity index (χ1n) is 8.85. The maximum absolute atomic E-state index is 12.9. The van der Waals surface area contributed by atoms with Gasteiger partial charge >= 0.3 is 5.97 Å².